The number of aliphatic carboxylic acids is 1. The van der Waals surface area contributed by atoms with Gasteiger partial charge >= 0.3 is 12.1 Å². The van der Waals surface area contributed by atoms with Gasteiger partial charge in [0.1, 0.15) is 6.61 Å². The zero-order valence-electron chi connectivity index (χ0n) is 18.2. The third-order valence-electron chi connectivity index (χ3n) is 6.26. The predicted molar refractivity (Wildman–Crippen MR) is 120 cm³/mol. The summed E-state index contributed by atoms with van der Waals surface area (Å²) >= 11 is 0. The van der Waals surface area contributed by atoms with Crippen molar-refractivity contribution in [2.24, 2.45) is 0 Å². The second-order valence-electron chi connectivity index (χ2n) is 8.66. The third-order valence-corrected chi connectivity index (χ3v) is 6.26. The number of hydrogen-bond acceptors (Lipinski definition) is 6. The highest BCUT2D eigenvalue weighted by molar-refractivity contribution is 5.93. The molecule has 0 unspecified atom stereocenters. The van der Waals surface area contributed by atoms with Crippen LogP contribution in [0.2, 0.25) is 0 Å². The Hall–Kier alpha value is -4.14. The minimum atomic E-state index is -0.967. The SMILES string of the molecule is O=C(O)CC1(NC(=O)c2cc(CNC(=O)OCC3c4ccccc4-c4ccccc43)on2)CC1. The van der Waals surface area contributed by atoms with Gasteiger partial charge in [0.15, 0.2) is 11.5 Å². The number of alkyl carbamates (subject to hydrolysis) is 1. The monoisotopic (exact) mass is 461 g/mol. The molecule has 1 heterocycles. The number of nitrogens with zero attached hydrogens (tertiary/aromatic N) is 1. The van der Waals surface area contributed by atoms with Crippen LogP contribution in [0.25, 0.3) is 11.1 Å². The van der Waals surface area contributed by atoms with Crippen LogP contribution >= 0.6 is 0 Å². The van der Waals surface area contributed by atoms with E-state index in [4.69, 9.17) is 14.4 Å². The summed E-state index contributed by atoms with van der Waals surface area (Å²) in [6.07, 6.45) is 0.480. The maximum atomic E-state index is 12.3. The molecule has 3 N–H and O–H groups in total. The van der Waals surface area contributed by atoms with E-state index in [1.54, 1.807) is 0 Å². The van der Waals surface area contributed by atoms with Crippen LogP contribution < -0.4 is 10.6 Å². The summed E-state index contributed by atoms with van der Waals surface area (Å²) in [5.74, 6) is -1.23. The van der Waals surface area contributed by atoms with Crippen molar-refractivity contribution in [1.29, 1.82) is 0 Å². The second kappa shape index (κ2) is 8.66. The van der Waals surface area contributed by atoms with Gasteiger partial charge in [-0.3, -0.25) is 9.59 Å². The summed E-state index contributed by atoms with van der Waals surface area (Å²) in [6, 6.07) is 17.6. The number of carbonyl (C=O) groups is 3. The van der Waals surface area contributed by atoms with Crippen LogP contribution in [0.15, 0.2) is 59.1 Å². The van der Waals surface area contributed by atoms with E-state index in [0.717, 1.165) is 22.3 Å². The molecular formula is C25H23N3O6. The molecule has 0 radical (unpaired) electrons. The van der Waals surface area contributed by atoms with Crippen LogP contribution in [0, 0.1) is 0 Å². The molecule has 2 amide bonds. The Kier molecular flexibility index (Phi) is 5.53. The molecule has 2 aromatic carbocycles. The molecule has 0 aliphatic heterocycles. The van der Waals surface area contributed by atoms with Gasteiger partial charge in [-0.2, -0.15) is 0 Å². The molecule has 0 saturated heterocycles. The van der Waals surface area contributed by atoms with Gasteiger partial charge in [-0.1, -0.05) is 53.7 Å². The van der Waals surface area contributed by atoms with Crippen molar-refractivity contribution >= 4 is 18.0 Å². The van der Waals surface area contributed by atoms with Gasteiger partial charge < -0.3 is 25.0 Å². The highest BCUT2D eigenvalue weighted by Crippen LogP contribution is 2.44. The molecule has 0 bridgehead atoms. The Morgan fingerprint density at radius 1 is 1.06 bits per heavy atom. The Morgan fingerprint density at radius 3 is 2.32 bits per heavy atom. The number of carboxylic acids is 1. The maximum Gasteiger partial charge on any atom is 0.407 e. The van der Waals surface area contributed by atoms with Crippen LogP contribution in [-0.4, -0.2) is 40.4 Å². The first-order valence-electron chi connectivity index (χ1n) is 11.0. The number of rotatable bonds is 8. The zero-order chi connectivity index (χ0) is 23.7. The number of aromatic nitrogens is 1. The second-order valence-corrected chi connectivity index (χ2v) is 8.66. The Labute approximate surface area is 195 Å². The standard InChI is InChI=1S/C25H23N3O6/c29-22(30)12-25(9-10-25)27-23(31)21-11-15(34-28-21)13-26-24(32)33-14-20-18-7-3-1-5-16(18)17-6-2-4-8-19(17)20/h1-8,11,20H,9-10,12-14H2,(H,26,32)(H,27,31)(H,29,30). The first kappa shape index (κ1) is 21.7. The minimum absolute atomic E-state index is 0.00276. The van der Waals surface area contributed by atoms with Gasteiger partial charge in [0, 0.05) is 12.0 Å². The van der Waals surface area contributed by atoms with Gasteiger partial charge in [0.25, 0.3) is 5.91 Å². The van der Waals surface area contributed by atoms with Gasteiger partial charge in [-0.25, -0.2) is 4.79 Å². The molecule has 2 aliphatic rings. The molecule has 34 heavy (non-hydrogen) atoms. The van der Waals surface area contributed by atoms with Gasteiger partial charge in [-0.05, 0) is 35.1 Å². The topological polar surface area (TPSA) is 131 Å². The van der Waals surface area contributed by atoms with E-state index >= 15 is 0 Å². The number of carboxylic acid groups (broad SMARTS) is 1. The summed E-state index contributed by atoms with van der Waals surface area (Å²) in [7, 11) is 0. The molecular weight excluding hydrogens is 438 g/mol. The molecule has 1 saturated carbocycles. The maximum absolute atomic E-state index is 12.3. The van der Waals surface area contributed by atoms with Crippen molar-refractivity contribution in [2.75, 3.05) is 6.61 Å². The van der Waals surface area contributed by atoms with Crippen LogP contribution in [-0.2, 0) is 16.1 Å². The zero-order valence-corrected chi connectivity index (χ0v) is 18.2. The van der Waals surface area contributed by atoms with Crippen molar-refractivity contribution in [3.8, 4) is 11.1 Å². The average molecular weight is 461 g/mol. The number of benzene rings is 2. The summed E-state index contributed by atoms with van der Waals surface area (Å²) in [6.45, 7) is 0.187. The van der Waals surface area contributed by atoms with Crippen LogP contribution in [0.3, 0.4) is 0 Å². The Morgan fingerprint density at radius 2 is 1.71 bits per heavy atom. The fourth-order valence-corrected chi connectivity index (χ4v) is 4.40. The number of carbonyl (C=O) groups excluding carboxylic acids is 2. The molecule has 0 atom stereocenters. The van der Waals surface area contributed by atoms with E-state index in [0.29, 0.717) is 12.8 Å². The van der Waals surface area contributed by atoms with Crippen molar-refractivity contribution in [2.45, 2.75) is 37.3 Å². The van der Waals surface area contributed by atoms with E-state index < -0.39 is 23.5 Å². The van der Waals surface area contributed by atoms with Crippen molar-refractivity contribution in [1.82, 2.24) is 15.8 Å². The lowest BCUT2D eigenvalue weighted by atomic mass is 9.98. The Bertz CT molecular complexity index is 1220. The molecule has 2 aliphatic carbocycles. The molecule has 5 rings (SSSR count). The van der Waals surface area contributed by atoms with Crippen LogP contribution in [0.1, 0.15) is 52.6 Å². The van der Waals surface area contributed by atoms with Gasteiger partial charge in [0.05, 0.1) is 18.5 Å². The lowest BCUT2D eigenvalue weighted by molar-refractivity contribution is -0.137. The van der Waals surface area contributed by atoms with E-state index in [2.05, 4.69) is 27.9 Å². The predicted octanol–water partition coefficient (Wildman–Crippen LogP) is 3.45. The highest BCUT2D eigenvalue weighted by atomic mass is 16.5. The van der Waals surface area contributed by atoms with E-state index in [9.17, 15) is 14.4 Å². The van der Waals surface area contributed by atoms with Crippen molar-refractivity contribution in [3.05, 3.63) is 77.2 Å². The summed E-state index contributed by atoms with van der Waals surface area (Å²) in [4.78, 5) is 35.6. The first-order valence-corrected chi connectivity index (χ1v) is 11.0. The van der Waals surface area contributed by atoms with Crippen molar-refractivity contribution < 1.29 is 28.8 Å². The quantitative estimate of drug-likeness (QED) is 0.468. The third kappa shape index (κ3) is 4.36. The fraction of sp³-hybridized carbons (Fsp3) is 0.280. The lowest BCUT2D eigenvalue weighted by Crippen LogP contribution is -2.38. The molecule has 9 nitrogen and oxygen atoms in total. The smallest absolute Gasteiger partial charge is 0.407 e. The molecule has 9 heteroatoms. The fourth-order valence-electron chi connectivity index (χ4n) is 4.40. The normalized spacial score (nSPS) is 15.2. The molecule has 3 aromatic rings. The largest absolute Gasteiger partial charge is 0.481 e. The summed E-state index contributed by atoms with van der Waals surface area (Å²) in [5, 5.41) is 18.0. The molecule has 174 valence electrons. The van der Waals surface area contributed by atoms with Crippen molar-refractivity contribution in [3.63, 3.8) is 0 Å². The van der Waals surface area contributed by atoms with Gasteiger partial charge in [0.2, 0.25) is 0 Å². The minimum Gasteiger partial charge on any atom is -0.481 e. The Balaban J connectivity index is 1.14. The number of hydrogen-bond donors (Lipinski definition) is 3. The summed E-state index contributed by atoms with van der Waals surface area (Å²) in [5.41, 5.74) is 3.87. The van der Waals surface area contributed by atoms with Gasteiger partial charge in [-0.15, -0.1) is 0 Å². The number of amides is 2. The van der Waals surface area contributed by atoms with Crippen LogP contribution in [0.5, 0.6) is 0 Å². The molecule has 0 spiro atoms. The highest BCUT2D eigenvalue weighted by Gasteiger charge is 2.46. The number of nitrogens with one attached hydrogen (secondary N) is 2. The van der Waals surface area contributed by atoms with E-state index in [1.165, 1.54) is 6.07 Å². The first-order chi connectivity index (χ1) is 16.4. The number of ether oxygens (including phenoxy) is 1. The molecule has 1 aromatic heterocycles. The molecule has 1 fully saturated rings. The van der Waals surface area contributed by atoms with E-state index in [-0.39, 0.29) is 36.9 Å². The van der Waals surface area contributed by atoms with Crippen LogP contribution in [0.4, 0.5) is 4.79 Å². The lowest BCUT2D eigenvalue weighted by Gasteiger charge is -2.14. The number of fused-ring (bicyclic) bond motifs is 3. The average Bonchev–Trinajstić information content (AvgIpc) is 3.27. The van der Waals surface area contributed by atoms with E-state index in [1.807, 2.05) is 36.4 Å². The summed E-state index contributed by atoms with van der Waals surface area (Å²) < 4.78 is 10.6.